The van der Waals surface area contributed by atoms with Crippen LogP contribution in [0.15, 0.2) is 23.1 Å². The van der Waals surface area contributed by atoms with Crippen molar-refractivity contribution in [3.8, 4) is 12.3 Å². The number of hydrogen-bond donors (Lipinski definition) is 2. The molecule has 1 aromatic carbocycles. The minimum absolute atomic E-state index is 0.0582. The summed E-state index contributed by atoms with van der Waals surface area (Å²) in [7, 11) is -3.65. The lowest BCUT2D eigenvalue weighted by Gasteiger charge is -2.06. The van der Waals surface area contributed by atoms with Crippen molar-refractivity contribution in [3.05, 3.63) is 24.0 Å². The zero-order valence-electron chi connectivity index (χ0n) is 9.11. The van der Waals surface area contributed by atoms with Gasteiger partial charge in [-0.3, -0.25) is 0 Å². The highest BCUT2D eigenvalue weighted by Crippen LogP contribution is 2.16. The summed E-state index contributed by atoms with van der Waals surface area (Å²) in [6.45, 7) is 0.240. The lowest BCUT2D eigenvalue weighted by molar-refractivity contribution is 0.579. The van der Waals surface area contributed by atoms with Gasteiger partial charge in [0.05, 0.1) is 10.6 Å². The standard InChI is InChI=1S/C11H13FN2O2S/c1-2-3-4-7-14-17(15,16)9-5-6-10(12)11(13)8-9/h1,5-6,8,14H,3-4,7,13H2. The number of sulfonamides is 1. The third-order valence-corrected chi connectivity index (χ3v) is 3.53. The van der Waals surface area contributed by atoms with Gasteiger partial charge in [-0.2, -0.15) is 0 Å². The Morgan fingerprint density at radius 1 is 1.47 bits per heavy atom. The summed E-state index contributed by atoms with van der Waals surface area (Å²) >= 11 is 0. The molecule has 0 spiro atoms. The van der Waals surface area contributed by atoms with Crippen molar-refractivity contribution in [2.45, 2.75) is 17.7 Å². The molecule has 0 amide bonds. The molecule has 0 bridgehead atoms. The number of benzene rings is 1. The summed E-state index contributed by atoms with van der Waals surface area (Å²) in [6, 6.07) is 3.26. The molecule has 0 heterocycles. The van der Waals surface area contributed by atoms with Crippen molar-refractivity contribution >= 4 is 15.7 Å². The highest BCUT2D eigenvalue weighted by atomic mass is 32.2. The molecule has 6 heteroatoms. The molecule has 0 aliphatic carbocycles. The smallest absolute Gasteiger partial charge is 0.240 e. The highest BCUT2D eigenvalue weighted by Gasteiger charge is 2.14. The summed E-state index contributed by atoms with van der Waals surface area (Å²) in [5.74, 6) is 1.76. The van der Waals surface area contributed by atoms with Crippen LogP contribution in [0.25, 0.3) is 0 Å². The molecule has 1 rings (SSSR count). The van der Waals surface area contributed by atoms with Gasteiger partial charge in [-0.1, -0.05) is 0 Å². The van der Waals surface area contributed by atoms with E-state index in [4.69, 9.17) is 12.2 Å². The molecule has 0 aliphatic rings. The van der Waals surface area contributed by atoms with E-state index in [9.17, 15) is 12.8 Å². The van der Waals surface area contributed by atoms with E-state index < -0.39 is 15.8 Å². The summed E-state index contributed by atoms with van der Waals surface area (Å²) < 4.78 is 38.7. The van der Waals surface area contributed by atoms with E-state index in [0.717, 1.165) is 18.2 Å². The molecule has 1 aromatic rings. The van der Waals surface area contributed by atoms with Crippen LogP contribution in [0.4, 0.5) is 10.1 Å². The summed E-state index contributed by atoms with van der Waals surface area (Å²) in [5.41, 5.74) is 5.10. The number of nitrogens with two attached hydrogens (primary N) is 1. The van der Waals surface area contributed by atoms with Crippen LogP contribution < -0.4 is 10.5 Å². The Labute approximate surface area is 100 Å². The first kappa shape index (κ1) is 13.5. The quantitative estimate of drug-likeness (QED) is 0.471. The van der Waals surface area contributed by atoms with E-state index in [2.05, 4.69) is 10.6 Å². The predicted molar refractivity (Wildman–Crippen MR) is 64.1 cm³/mol. The number of unbranched alkanes of at least 4 members (excludes halogenated alkanes) is 1. The molecule has 3 N–H and O–H groups in total. The molecular formula is C11H13FN2O2S. The first-order valence-electron chi connectivity index (χ1n) is 4.95. The summed E-state index contributed by atoms with van der Waals surface area (Å²) in [5, 5.41) is 0. The normalized spacial score (nSPS) is 11.1. The predicted octanol–water partition coefficient (Wildman–Crippen LogP) is 1.10. The van der Waals surface area contributed by atoms with Gasteiger partial charge in [0.15, 0.2) is 0 Å². The largest absolute Gasteiger partial charge is 0.396 e. The van der Waals surface area contributed by atoms with Crippen LogP contribution in [0.2, 0.25) is 0 Å². The zero-order valence-corrected chi connectivity index (χ0v) is 9.93. The van der Waals surface area contributed by atoms with Crippen molar-refractivity contribution < 1.29 is 12.8 Å². The Bertz CT molecular complexity index is 535. The number of hydrogen-bond acceptors (Lipinski definition) is 3. The minimum atomic E-state index is -3.65. The monoisotopic (exact) mass is 256 g/mol. The topological polar surface area (TPSA) is 72.2 Å². The lowest BCUT2D eigenvalue weighted by Crippen LogP contribution is -2.24. The number of nitrogens with one attached hydrogen (secondary N) is 1. The third kappa shape index (κ3) is 3.73. The Morgan fingerprint density at radius 2 is 2.18 bits per heavy atom. The maximum atomic E-state index is 12.9. The van der Waals surface area contributed by atoms with Gasteiger partial charge in [0.2, 0.25) is 10.0 Å². The number of terminal acetylenes is 1. The molecule has 4 nitrogen and oxygen atoms in total. The fourth-order valence-electron chi connectivity index (χ4n) is 1.17. The van der Waals surface area contributed by atoms with E-state index in [1.807, 2.05) is 0 Å². The van der Waals surface area contributed by atoms with Crippen LogP contribution in [-0.2, 0) is 10.0 Å². The number of nitrogen functional groups attached to an aromatic ring is 1. The first-order chi connectivity index (χ1) is 7.97. The van der Waals surface area contributed by atoms with Gasteiger partial charge in [-0.15, -0.1) is 12.3 Å². The molecule has 0 unspecified atom stereocenters. The van der Waals surface area contributed by atoms with Gasteiger partial charge in [0, 0.05) is 13.0 Å². The van der Waals surface area contributed by atoms with E-state index in [0.29, 0.717) is 12.8 Å². The number of halogens is 1. The maximum Gasteiger partial charge on any atom is 0.240 e. The van der Waals surface area contributed by atoms with Crippen molar-refractivity contribution in [2.75, 3.05) is 12.3 Å². The lowest BCUT2D eigenvalue weighted by atomic mass is 10.3. The van der Waals surface area contributed by atoms with Crippen molar-refractivity contribution in [1.82, 2.24) is 4.72 Å². The summed E-state index contributed by atoms with van der Waals surface area (Å²) in [4.78, 5) is -0.0582. The van der Waals surface area contributed by atoms with E-state index in [1.54, 1.807) is 0 Å². The van der Waals surface area contributed by atoms with Gasteiger partial charge >= 0.3 is 0 Å². The van der Waals surface area contributed by atoms with Crippen LogP contribution in [0.5, 0.6) is 0 Å². The highest BCUT2D eigenvalue weighted by molar-refractivity contribution is 7.89. The van der Waals surface area contributed by atoms with Crippen molar-refractivity contribution in [1.29, 1.82) is 0 Å². The Hall–Kier alpha value is -1.58. The molecule has 0 saturated heterocycles. The van der Waals surface area contributed by atoms with Crippen molar-refractivity contribution in [2.24, 2.45) is 0 Å². The zero-order chi connectivity index (χ0) is 12.9. The molecule has 0 aromatic heterocycles. The number of rotatable bonds is 5. The average Bonchev–Trinajstić information content (AvgIpc) is 2.28. The van der Waals surface area contributed by atoms with Gasteiger partial charge in [-0.05, 0) is 24.6 Å². The van der Waals surface area contributed by atoms with Crippen LogP contribution in [0.3, 0.4) is 0 Å². The first-order valence-corrected chi connectivity index (χ1v) is 6.44. The molecule has 17 heavy (non-hydrogen) atoms. The molecule has 92 valence electrons. The van der Waals surface area contributed by atoms with Crippen LogP contribution >= 0.6 is 0 Å². The van der Waals surface area contributed by atoms with Gasteiger partial charge in [0.1, 0.15) is 5.82 Å². The van der Waals surface area contributed by atoms with Crippen molar-refractivity contribution in [3.63, 3.8) is 0 Å². The fourth-order valence-corrected chi connectivity index (χ4v) is 2.28. The van der Waals surface area contributed by atoms with Crippen LogP contribution in [0, 0.1) is 18.2 Å². The van der Waals surface area contributed by atoms with Gasteiger partial charge in [-0.25, -0.2) is 17.5 Å². The van der Waals surface area contributed by atoms with Crippen LogP contribution in [0.1, 0.15) is 12.8 Å². The van der Waals surface area contributed by atoms with Crippen LogP contribution in [-0.4, -0.2) is 15.0 Å². The average molecular weight is 256 g/mol. The third-order valence-electron chi connectivity index (χ3n) is 2.07. The molecular weight excluding hydrogens is 243 g/mol. The van der Waals surface area contributed by atoms with E-state index in [1.165, 1.54) is 0 Å². The van der Waals surface area contributed by atoms with E-state index in [-0.39, 0.29) is 17.1 Å². The Kier molecular flexibility index (Phi) is 4.49. The molecule has 0 radical (unpaired) electrons. The minimum Gasteiger partial charge on any atom is -0.396 e. The fraction of sp³-hybridized carbons (Fsp3) is 0.273. The second-order valence-electron chi connectivity index (χ2n) is 3.39. The second-order valence-corrected chi connectivity index (χ2v) is 5.16. The number of anilines is 1. The van der Waals surface area contributed by atoms with Gasteiger partial charge < -0.3 is 5.73 Å². The van der Waals surface area contributed by atoms with Gasteiger partial charge in [0.25, 0.3) is 0 Å². The molecule has 0 atom stereocenters. The Morgan fingerprint density at radius 3 is 2.76 bits per heavy atom. The SMILES string of the molecule is C#CCCCNS(=O)(=O)c1ccc(F)c(N)c1. The Balaban J connectivity index is 2.76. The molecule has 0 fully saturated rings. The van der Waals surface area contributed by atoms with E-state index >= 15 is 0 Å². The molecule has 0 aliphatic heterocycles. The maximum absolute atomic E-state index is 12.9. The molecule has 0 saturated carbocycles. The summed E-state index contributed by atoms with van der Waals surface area (Å²) in [6.07, 6.45) is 6.08. The second kappa shape index (κ2) is 5.66.